The molecule has 0 unspecified atom stereocenters. The first-order valence-corrected chi connectivity index (χ1v) is 6.16. The summed E-state index contributed by atoms with van der Waals surface area (Å²) in [5.74, 6) is 0.745. The van der Waals surface area contributed by atoms with E-state index in [0.29, 0.717) is 0 Å². The molecule has 1 rings (SSSR count). The van der Waals surface area contributed by atoms with E-state index in [4.69, 9.17) is 4.74 Å². The fourth-order valence-electron chi connectivity index (χ4n) is 1.83. The third-order valence-corrected chi connectivity index (χ3v) is 2.66. The number of allylic oxidation sites excluding steroid dienone is 1. The van der Waals surface area contributed by atoms with E-state index >= 15 is 0 Å². The lowest BCUT2D eigenvalue weighted by molar-refractivity contribution is -0.117. The third-order valence-electron chi connectivity index (χ3n) is 2.66. The van der Waals surface area contributed by atoms with Gasteiger partial charge in [0.05, 0.1) is 13.2 Å². The number of methoxy groups -OCH3 is 1. The second kappa shape index (κ2) is 6.84. The van der Waals surface area contributed by atoms with Gasteiger partial charge >= 0.3 is 0 Å². The first-order valence-electron chi connectivity index (χ1n) is 6.16. The van der Waals surface area contributed by atoms with Gasteiger partial charge in [-0.3, -0.25) is 4.79 Å². The molecule has 0 aliphatic heterocycles. The summed E-state index contributed by atoms with van der Waals surface area (Å²) in [6.45, 7) is 5.85. The number of ether oxygens (including phenoxy) is 1. The molecule has 0 heterocycles. The Morgan fingerprint density at radius 2 is 2.06 bits per heavy atom. The lowest BCUT2D eigenvalue weighted by atomic mass is 10.0. The highest BCUT2D eigenvalue weighted by Gasteiger charge is 2.15. The highest BCUT2D eigenvalue weighted by molar-refractivity contribution is 5.88. The zero-order chi connectivity index (χ0) is 13.5. The van der Waals surface area contributed by atoms with E-state index < -0.39 is 0 Å². The Morgan fingerprint density at radius 1 is 1.39 bits per heavy atom. The molecule has 18 heavy (non-hydrogen) atoms. The molecular formula is C15H21NO2. The molecule has 0 aromatic heterocycles. The van der Waals surface area contributed by atoms with Crippen LogP contribution >= 0.6 is 0 Å². The minimum atomic E-state index is -0.0623. The van der Waals surface area contributed by atoms with E-state index in [2.05, 4.69) is 5.32 Å². The maximum atomic E-state index is 11.8. The number of hydrogen-bond donors (Lipinski definition) is 1. The van der Waals surface area contributed by atoms with Crippen molar-refractivity contribution in [2.45, 2.75) is 33.2 Å². The molecule has 3 nitrogen and oxygen atoms in total. The monoisotopic (exact) mass is 247 g/mol. The van der Waals surface area contributed by atoms with Crippen LogP contribution in [0.3, 0.4) is 0 Å². The Balaban J connectivity index is 2.89. The van der Waals surface area contributed by atoms with Crippen LogP contribution in [0.4, 0.5) is 0 Å². The zero-order valence-electron chi connectivity index (χ0n) is 11.5. The van der Waals surface area contributed by atoms with Crippen molar-refractivity contribution in [1.29, 1.82) is 0 Å². The van der Waals surface area contributed by atoms with E-state index in [9.17, 15) is 4.79 Å². The number of nitrogens with one attached hydrogen (secondary N) is 1. The van der Waals surface area contributed by atoms with Gasteiger partial charge in [0.1, 0.15) is 5.75 Å². The largest absolute Gasteiger partial charge is 0.496 e. The highest BCUT2D eigenvalue weighted by Crippen LogP contribution is 2.26. The van der Waals surface area contributed by atoms with Crippen LogP contribution in [0.5, 0.6) is 5.75 Å². The lowest BCUT2D eigenvalue weighted by Gasteiger charge is -2.19. The molecule has 0 saturated carbocycles. The van der Waals surface area contributed by atoms with Gasteiger partial charge in [0.2, 0.25) is 5.91 Å². The van der Waals surface area contributed by atoms with Gasteiger partial charge < -0.3 is 10.1 Å². The molecule has 98 valence electrons. The molecule has 1 amide bonds. The highest BCUT2D eigenvalue weighted by atomic mass is 16.5. The van der Waals surface area contributed by atoms with Crippen molar-refractivity contribution in [3.05, 3.63) is 41.5 Å². The van der Waals surface area contributed by atoms with Crippen LogP contribution in [-0.4, -0.2) is 13.0 Å². The molecule has 1 aromatic rings. The van der Waals surface area contributed by atoms with Crippen molar-refractivity contribution in [3.8, 4) is 5.75 Å². The maximum absolute atomic E-state index is 11.8. The molecular weight excluding hydrogens is 226 g/mol. The van der Waals surface area contributed by atoms with Crippen LogP contribution < -0.4 is 10.1 Å². The molecule has 1 aromatic carbocycles. The van der Waals surface area contributed by atoms with E-state index in [1.807, 2.05) is 45.0 Å². The minimum absolute atomic E-state index is 0.0238. The standard InChI is InChI=1S/C15H21NO2/c1-5-13(16-15(17)10-11(2)3)12-8-6-7-9-14(12)18-4/h6-10,13H,5H2,1-4H3,(H,16,17)/t13-/m1/s1. The van der Waals surface area contributed by atoms with Crippen LogP contribution in [0.15, 0.2) is 35.9 Å². The number of carbonyl (C=O) groups is 1. The third kappa shape index (κ3) is 3.91. The number of rotatable bonds is 5. The summed E-state index contributed by atoms with van der Waals surface area (Å²) in [6, 6.07) is 7.74. The summed E-state index contributed by atoms with van der Waals surface area (Å²) >= 11 is 0. The molecule has 1 N–H and O–H groups in total. The van der Waals surface area contributed by atoms with Crippen LogP contribution in [-0.2, 0) is 4.79 Å². The Morgan fingerprint density at radius 3 is 2.61 bits per heavy atom. The molecule has 0 spiro atoms. The minimum Gasteiger partial charge on any atom is -0.496 e. The summed E-state index contributed by atoms with van der Waals surface area (Å²) in [6.07, 6.45) is 2.43. The van der Waals surface area contributed by atoms with Crippen LogP contribution in [0.25, 0.3) is 0 Å². The van der Waals surface area contributed by atoms with Gasteiger partial charge in [0, 0.05) is 11.6 Å². The fourth-order valence-corrected chi connectivity index (χ4v) is 1.83. The van der Waals surface area contributed by atoms with Gasteiger partial charge in [-0.1, -0.05) is 30.7 Å². The van der Waals surface area contributed by atoms with Gasteiger partial charge in [-0.2, -0.15) is 0 Å². The summed E-state index contributed by atoms with van der Waals surface area (Å²) in [7, 11) is 1.64. The molecule has 0 radical (unpaired) electrons. The number of benzene rings is 1. The summed E-state index contributed by atoms with van der Waals surface area (Å²) in [5, 5.41) is 2.99. The van der Waals surface area contributed by atoms with Crippen molar-refractivity contribution in [2.75, 3.05) is 7.11 Å². The SMILES string of the molecule is CC[C@@H](NC(=O)C=C(C)C)c1ccccc1OC. The van der Waals surface area contributed by atoms with E-state index in [0.717, 1.165) is 23.3 Å². The Labute approximate surface area is 109 Å². The fraction of sp³-hybridized carbons (Fsp3) is 0.400. The lowest BCUT2D eigenvalue weighted by Crippen LogP contribution is -2.26. The van der Waals surface area contributed by atoms with Gasteiger partial charge in [0.25, 0.3) is 0 Å². The van der Waals surface area contributed by atoms with Crippen LogP contribution in [0.2, 0.25) is 0 Å². The van der Waals surface area contributed by atoms with Gasteiger partial charge in [-0.25, -0.2) is 0 Å². The second-order valence-electron chi connectivity index (χ2n) is 4.43. The summed E-state index contributed by atoms with van der Waals surface area (Å²) in [5.41, 5.74) is 2.00. The number of para-hydroxylation sites is 1. The van der Waals surface area contributed by atoms with Gasteiger partial charge in [-0.15, -0.1) is 0 Å². The van der Waals surface area contributed by atoms with E-state index in [-0.39, 0.29) is 11.9 Å². The van der Waals surface area contributed by atoms with E-state index in [1.54, 1.807) is 13.2 Å². The topological polar surface area (TPSA) is 38.3 Å². The smallest absolute Gasteiger partial charge is 0.244 e. The second-order valence-corrected chi connectivity index (χ2v) is 4.43. The van der Waals surface area contributed by atoms with Crippen LogP contribution in [0.1, 0.15) is 38.8 Å². The Kier molecular flexibility index (Phi) is 5.43. The molecule has 3 heteroatoms. The Bertz CT molecular complexity index is 434. The average Bonchev–Trinajstić information content (AvgIpc) is 2.35. The molecule has 0 bridgehead atoms. The number of carbonyl (C=O) groups excluding carboxylic acids is 1. The first kappa shape index (κ1) is 14.3. The zero-order valence-corrected chi connectivity index (χ0v) is 11.5. The van der Waals surface area contributed by atoms with Gasteiger partial charge in [-0.05, 0) is 26.3 Å². The molecule has 0 fully saturated rings. The number of hydrogen-bond acceptors (Lipinski definition) is 2. The quantitative estimate of drug-likeness (QED) is 0.811. The maximum Gasteiger partial charge on any atom is 0.244 e. The van der Waals surface area contributed by atoms with Gasteiger partial charge in [0.15, 0.2) is 0 Å². The van der Waals surface area contributed by atoms with Crippen molar-refractivity contribution in [2.24, 2.45) is 0 Å². The van der Waals surface area contributed by atoms with Crippen molar-refractivity contribution in [3.63, 3.8) is 0 Å². The average molecular weight is 247 g/mol. The van der Waals surface area contributed by atoms with Crippen LogP contribution in [0, 0.1) is 0 Å². The molecule has 0 saturated heterocycles. The van der Waals surface area contributed by atoms with Crippen molar-refractivity contribution >= 4 is 5.91 Å². The predicted octanol–water partition coefficient (Wildman–Crippen LogP) is 3.23. The Hall–Kier alpha value is -1.77. The number of amides is 1. The van der Waals surface area contributed by atoms with Crippen molar-refractivity contribution in [1.82, 2.24) is 5.32 Å². The first-order chi connectivity index (χ1) is 8.58. The van der Waals surface area contributed by atoms with E-state index in [1.165, 1.54) is 0 Å². The summed E-state index contributed by atoms with van der Waals surface area (Å²) in [4.78, 5) is 11.8. The predicted molar refractivity (Wildman–Crippen MR) is 73.6 cm³/mol. The molecule has 0 aliphatic carbocycles. The van der Waals surface area contributed by atoms with Crippen molar-refractivity contribution < 1.29 is 9.53 Å². The molecule has 0 aliphatic rings. The summed E-state index contributed by atoms with van der Waals surface area (Å²) < 4.78 is 5.32. The normalized spacial score (nSPS) is 11.6. The molecule has 1 atom stereocenters.